The van der Waals surface area contributed by atoms with Crippen molar-refractivity contribution in [3.05, 3.63) is 17.8 Å². The van der Waals surface area contributed by atoms with E-state index < -0.39 is 0 Å². The number of ether oxygens (including phenoxy) is 2. The van der Waals surface area contributed by atoms with Crippen molar-refractivity contribution >= 4 is 28.7 Å². The zero-order valence-electron chi connectivity index (χ0n) is 11.5. The molecule has 0 aliphatic carbocycles. The fourth-order valence-electron chi connectivity index (χ4n) is 2.45. The number of aromatic nitrogens is 4. The second-order valence-corrected chi connectivity index (χ2v) is 5.29. The van der Waals surface area contributed by atoms with Crippen LogP contribution in [-0.4, -0.2) is 38.2 Å². The van der Waals surface area contributed by atoms with Gasteiger partial charge in [0.1, 0.15) is 24.7 Å². The van der Waals surface area contributed by atoms with E-state index in [9.17, 15) is 4.79 Å². The lowest BCUT2D eigenvalue weighted by molar-refractivity contribution is -0.153. The molecule has 0 radical (unpaired) electrons. The average molecular weight is 311 g/mol. The number of hydrogen-bond donors (Lipinski definition) is 0. The molecule has 1 fully saturated rings. The van der Waals surface area contributed by atoms with Crippen molar-refractivity contribution in [2.24, 2.45) is 0 Å². The van der Waals surface area contributed by atoms with Crippen molar-refractivity contribution in [2.75, 3.05) is 6.61 Å². The fraction of sp³-hybridized carbons (Fsp3) is 0.538. The Balaban J connectivity index is 1.79. The third kappa shape index (κ3) is 2.98. The molecule has 2 atom stereocenters. The minimum absolute atomic E-state index is 0.109. The van der Waals surface area contributed by atoms with Gasteiger partial charge in [0.05, 0.1) is 12.4 Å². The number of fused-ring (bicyclic) bond motifs is 1. The Bertz CT molecular complexity index is 660. The van der Waals surface area contributed by atoms with E-state index in [0.717, 1.165) is 19.3 Å². The van der Waals surface area contributed by atoms with E-state index in [1.54, 1.807) is 6.33 Å². The summed E-state index contributed by atoms with van der Waals surface area (Å²) in [6, 6.07) is 0. The van der Waals surface area contributed by atoms with Crippen LogP contribution < -0.4 is 0 Å². The molecule has 0 N–H and O–H groups in total. The Morgan fingerprint density at radius 3 is 3.14 bits per heavy atom. The summed E-state index contributed by atoms with van der Waals surface area (Å²) in [5.74, 6) is -0.298. The van der Waals surface area contributed by atoms with E-state index in [4.69, 9.17) is 21.1 Å². The lowest BCUT2D eigenvalue weighted by Gasteiger charge is -2.30. The molecule has 2 aromatic heterocycles. The Kier molecular flexibility index (Phi) is 4.03. The highest BCUT2D eigenvalue weighted by Gasteiger charge is 2.26. The molecule has 7 nitrogen and oxygen atoms in total. The molecule has 1 aliphatic rings. The van der Waals surface area contributed by atoms with Gasteiger partial charge in [-0.1, -0.05) is 11.6 Å². The lowest BCUT2D eigenvalue weighted by atomic mass is 10.1. The van der Waals surface area contributed by atoms with Crippen molar-refractivity contribution in [1.82, 2.24) is 19.5 Å². The van der Waals surface area contributed by atoms with E-state index >= 15 is 0 Å². The number of nitrogens with zero attached hydrogens (tertiary/aromatic N) is 4. The van der Waals surface area contributed by atoms with E-state index in [1.165, 1.54) is 13.3 Å². The van der Waals surface area contributed by atoms with E-state index in [0.29, 0.717) is 16.3 Å². The summed E-state index contributed by atoms with van der Waals surface area (Å²) in [4.78, 5) is 23.2. The first kappa shape index (κ1) is 14.2. The van der Waals surface area contributed by atoms with Gasteiger partial charge < -0.3 is 9.47 Å². The molecule has 2 aromatic rings. The lowest BCUT2D eigenvalue weighted by Crippen LogP contribution is -2.30. The number of halogens is 1. The first-order valence-electron chi connectivity index (χ1n) is 6.77. The van der Waals surface area contributed by atoms with Crippen LogP contribution in [0.15, 0.2) is 12.7 Å². The predicted octanol–water partition coefficient (Wildman–Crippen LogP) is 2.11. The topological polar surface area (TPSA) is 79.1 Å². The van der Waals surface area contributed by atoms with Gasteiger partial charge in [-0.15, -0.1) is 0 Å². The van der Waals surface area contributed by atoms with Crippen LogP contribution in [0.3, 0.4) is 0 Å². The zero-order chi connectivity index (χ0) is 14.8. The Morgan fingerprint density at radius 2 is 2.33 bits per heavy atom. The third-order valence-electron chi connectivity index (χ3n) is 3.42. The molecule has 0 bridgehead atoms. The quantitative estimate of drug-likeness (QED) is 0.638. The van der Waals surface area contributed by atoms with Crippen molar-refractivity contribution in [3.63, 3.8) is 0 Å². The molecular formula is C13H15ClN4O3. The Labute approximate surface area is 126 Å². The summed E-state index contributed by atoms with van der Waals surface area (Å²) in [6.07, 6.45) is 5.47. The number of carbonyl (C=O) groups is 1. The van der Waals surface area contributed by atoms with Crippen LogP contribution in [0.4, 0.5) is 0 Å². The van der Waals surface area contributed by atoms with Gasteiger partial charge >= 0.3 is 5.97 Å². The van der Waals surface area contributed by atoms with Gasteiger partial charge in [-0.2, -0.15) is 0 Å². The normalized spacial score (nSPS) is 22.4. The summed E-state index contributed by atoms with van der Waals surface area (Å²) in [5, 5.41) is 0.325. The van der Waals surface area contributed by atoms with Crippen LogP contribution >= 0.6 is 11.6 Å². The molecule has 0 saturated carbocycles. The van der Waals surface area contributed by atoms with Crippen LogP contribution in [0.25, 0.3) is 11.2 Å². The van der Waals surface area contributed by atoms with Crippen molar-refractivity contribution in [1.29, 1.82) is 0 Å². The number of carbonyl (C=O) groups excluding carboxylic acids is 1. The predicted molar refractivity (Wildman–Crippen MR) is 74.7 cm³/mol. The number of hydrogen-bond acceptors (Lipinski definition) is 6. The van der Waals surface area contributed by atoms with Crippen molar-refractivity contribution in [3.8, 4) is 0 Å². The number of rotatable bonds is 3. The first-order valence-corrected chi connectivity index (χ1v) is 7.15. The molecule has 112 valence electrons. The van der Waals surface area contributed by atoms with E-state index in [1.807, 2.05) is 4.57 Å². The molecule has 0 unspecified atom stereocenters. The molecule has 8 heteroatoms. The van der Waals surface area contributed by atoms with Crippen LogP contribution in [0, 0.1) is 0 Å². The smallest absolute Gasteiger partial charge is 0.302 e. The number of esters is 1. The highest BCUT2D eigenvalue weighted by molar-refractivity contribution is 6.33. The summed E-state index contributed by atoms with van der Waals surface area (Å²) in [6.45, 7) is 1.66. The first-order chi connectivity index (χ1) is 10.1. The molecule has 0 spiro atoms. The largest absolute Gasteiger partial charge is 0.463 e. The second-order valence-electron chi connectivity index (χ2n) is 4.93. The third-order valence-corrected chi connectivity index (χ3v) is 3.70. The van der Waals surface area contributed by atoms with Gasteiger partial charge in [0.2, 0.25) is 0 Å². The number of imidazole rings is 1. The molecule has 1 saturated heterocycles. The van der Waals surface area contributed by atoms with Gasteiger partial charge in [0, 0.05) is 6.92 Å². The fourth-order valence-corrected chi connectivity index (χ4v) is 2.63. The molecule has 1 aliphatic heterocycles. The summed E-state index contributed by atoms with van der Waals surface area (Å²) >= 11 is 6.00. The van der Waals surface area contributed by atoms with Gasteiger partial charge in [-0.3, -0.25) is 9.36 Å². The maximum Gasteiger partial charge on any atom is 0.302 e. The minimum atomic E-state index is -0.298. The van der Waals surface area contributed by atoms with Crippen LogP contribution in [0.5, 0.6) is 0 Å². The van der Waals surface area contributed by atoms with Gasteiger partial charge in [-0.25, -0.2) is 15.0 Å². The standard InChI is InChI=1S/C13H15ClN4O3/c1-8(19)20-5-9-3-2-4-10(21-9)18-7-17-11-12(14)15-6-16-13(11)18/h6-7,9-10H,2-5H2,1H3/t9-,10-/m0/s1. The second kappa shape index (κ2) is 5.95. The zero-order valence-corrected chi connectivity index (χ0v) is 12.3. The molecular weight excluding hydrogens is 296 g/mol. The molecule has 21 heavy (non-hydrogen) atoms. The Morgan fingerprint density at radius 1 is 1.48 bits per heavy atom. The summed E-state index contributed by atoms with van der Waals surface area (Å²) in [7, 11) is 0. The molecule has 0 aromatic carbocycles. The van der Waals surface area contributed by atoms with E-state index in [-0.39, 0.29) is 24.9 Å². The van der Waals surface area contributed by atoms with Crippen LogP contribution in [0.2, 0.25) is 5.15 Å². The molecule has 3 heterocycles. The summed E-state index contributed by atoms with van der Waals surface area (Å²) in [5.41, 5.74) is 1.21. The monoisotopic (exact) mass is 310 g/mol. The van der Waals surface area contributed by atoms with Crippen LogP contribution in [0.1, 0.15) is 32.4 Å². The van der Waals surface area contributed by atoms with Crippen molar-refractivity contribution < 1.29 is 14.3 Å². The van der Waals surface area contributed by atoms with E-state index in [2.05, 4.69) is 15.0 Å². The maximum atomic E-state index is 10.9. The summed E-state index contributed by atoms with van der Waals surface area (Å²) < 4.78 is 12.8. The SMILES string of the molecule is CC(=O)OC[C@@H]1CCC[C@@H](n2cnc3c(Cl)ncnc32)O1. The molecule has 0 amide bonds. The van der Waals surface area contributed by atoms with Gasteiger partial charge in [-0.05, 0) is 19.3 Å². The average Bonchev–Trinajstić information content (AvgIpc) is 2.91. The van der Waals surface area contributed by atoms with Gasteiger partial charge in [0.15, 0.2) is 10.8 Å². The van der Waals surface area contributed by atoms with Gasteiger partial charge in [0.25, 0.3) is 0 Å². The molecule has 3 rings (SSSR count). The maximum absolute atomic E-state index is 10.9. The highest BCUT2D eigenvalue weighted by Crippen LogP contribution is 2.30. The van der Waals surface area contributed by atoms with Crippen LogP contribution in [-0.2, 0) is 14.3 Å². The minimum Gasteiger partial charge on any atom is -0.463 e. The van der Waals surface area contributed by atoms with Crippen molar-refractivity contribution in [2.45, 2.75) is 38.5 Å². The highest BCUT2D eigenvalue weighted by atomic mass is 35.5. The Hall–Kier alpha value is -1.73.